The number of rotatable bonds is 11. The molecule has 2 N–H and O–H groups in total. The molecule has 0 fully saturated rings. The third kappa shape index (κ3) is 6.04. The van der Waals surface area contributed by atoms with Crippen molar-refractivity contribution < 1.29 is 14.3 Å². The van der Waals surface area contributed by atoms with Gasteiger partial charge in [0.25, 0.3) is 5.56 Å². The second-order valence-corrected chi connectivity index (χ2v) is 7.61. The first-order valence-corrected chi connectivity index (χ1v) is 10.9. The lowest BCUT2D eigenvalue weighted by molar-refractivity contribution is -0.120. The van der Waals surface area contributed by atoms with Crippen LogP contribution >= 0.6 is 0 Å². The summed E-state index contributed by atoms with van der Waals surface area (Å²) in [6.07, 6.45) is 4.50. The molecule has 1 amide bonds. The van der Waals surface area contributed by atoms with Crippen LogP contribution in [0, 0.1) is 0 Å². The number of nitrogens with one attached hydrogen (secondary N) is 2. The van der Waals surface area contributed by atoms with Crippen molar-refractivity contribution in [2.45, 2.75) is 39.3 Å². The summed E-state index contributed by atoms with van der Waals surface area (Å²) in [5.41, 5.74) is 2.37. The zero-order chi connectivity index (χ0) is 23.8. The highest BCUT2D eigenvalue weighted by atomic mass is 16.5. The van der Waals surface area contributed by atoms with E-state index >= 15 is 0 Å². The molecule has 33 heavy (non-hydrogen) atoms. The van der Waals surface area contributed by atoms with Gasteiger partial charge in [-0.3, -0.25) is 14.2 Å². The smallest absolute Gasteiger partial charge is 0.293 e. The molecule has 0 bridgehead atoms. The van der Waals surface area contributed by atoms with Crippen LogP contribution < -0.4 is 20.9 Å². The molecule has 10 heteroatoms. The molecule has 0 radical (unpaired) electrons. The number of hydrogen-bond donors (Lipinski definition) is 2. The quantitative estimate of drug-likeness (QED) is 0.423. The van der Waals surface area contributed by atoms with Crippen LogP contribution in [0.5, 0.6) is 5.88 Å². The average Bonchev–Trinajstić information content (AvgIpc) is 2.83. The number of ether oxygens (including phenoxy) is 2. The zero-order valence-corrected chi connectivity index (χ0v) is 19.4. The predicted octanol–water partition coefficient (Wildman–Crippen LogP) is 2.23. The largest absolute Gasteiger partial charge is 0.481 e. The van der Waals surface area contributed by atoms with E-state index in [2.05, 4.69) is 25.6 Å². The molecule has 0 saturated heterocycles. The molecular weight excluding hydrogens is 424 g/mol. The van der Waals surface area contributed by atoms with Crippen molar-refractivity contribution in [1.82, 2.24) is 24.8 Å². The maximum atomic E-state index is 13.3. The van der Waals surface area contributed by atoms with Crippen molar-refractivity contribution in [3.05, 3.63) is 40.9 Å². The van der Waals surface area contributed by atoms with Crippen molar-refractivity contribution in [2.75, 3.05) is 32.7 Å². The second kappa shape index (κ2) is 11.4. The Bertz CT molecular complexity index is 1150. The van der Waals surface area contributed by atoms with Crippen LogP contribution in [-0.2, 0) is 16.1 Å². The van der Waals surface area contributed by atoms with Crippen LogP contribution in [0.1, 0.15) is 26.7 Å². The highest BCUT2D eigenvalue weighted by Crippen LogP contribution is 2.23. The molecule has 10 nitrogen and oxygen atoms in total. The fourth-order valence-corrected chi connectivity index (χ4v) is 3.33. The van der Waals surface area contributed by atoms with Crippen LogP contribution in [0.3, 0.4) is 0 Å². The van der Waals surface area contributed by atoms with E-state index in [1.165, 1.54) is 0 Å². The molecular formula is C23H30N6O4. The summed E-state index contributed by atoms with van der Waals surface area (Å²) in [6.45, 7) is 5.20. The molecule has 1 atom stereocenters. The molecule has 0 saturated carbocycles. The summed E-state index contributed by atoms with van der Waals surface area (Å²) in [6, 6.07) is 5.24. The Hall–Kier alpha value is -3.53. The van der Waals surface area contributed by atoms with Gasteiger partial charge in [-0.1, -0.05) is 6.92 Å². The van der Waals surface area contributed by atoms with Crippen LogP contribution in [0.15, 0.2) is 35.4 Å². The van der Waals surface area contributed by atoms with Gasteiger partial charge in [-0.05, 0) is 25.5 Å². The highest BCUT2D eigenvalue weighted by molar-refractivity contribution is 5.79. The fraction of sp³-hybridized carbons (Fsp3) is 0.435. The molecule has 0 aliphatic carbocycles. The number of hydrogen-bond acceptors (Lipinski definition) is 8. The number of fused-ring (bicyclic) bond motifs is 1. The van der Waals surface area contributed by atoms with Gasteiger partial charge in [0, 0.05) is 62.2 Å². The first-order chi connectivity index (χ1) is 16.0. The summed E-state index contributed by atoms with van der Waals surface area (Å²) in [4.78, 5) is 38.2. The third-order valence-corrected chi connectivity index (χ3v) is 5.04. The number of carbonyl (C=O) groups excluding carboxylic acids is 1. The normalized spacial score (nSPS) is 11.9. The number of pyridine rings is 2. The first-order valence-electron chi connectivity index (χ1n) is 10.9. The van der Waals surface area contributed by atoms with Gasteiger partial charge in [-0.15, -0.1) is 0 Å². The van der Waals surface area contributed by atoms with Gasteiger partial charge in [0.1, 0.15) is 0 Å². The van der Waals surface area contributed by atoms with Gasteiger partial charge < -0.3 is 20.1 Å². The van der Waals surface area contributed by atoms with Crippen molar-refractivity contribution in [3.8, 4) is 17.0 Å². The van der Waals surface area contributed by atoms with Gasteiger partial charge in [0.05, 0.1) is 19.2 Å². The maximum Gasteiger partial charge on any atom is 0.293 e. The van der Waals surface area contributed by atoms with E-state index in [0.29, 0.717) is 36.8 Å². The van der Waals surface area contributed by atoms with E-state index in [9.17, 15) is 9.59 Å². The van der Waals surface area contributed by atoms with Crippen molar-refractivity contribution in [2.24, 2.45) is 0 Å². The molecule has 0 aliphatic heterocycles. The molecule has 3 aromatic rings. The van der Waals surface area contributed by atoms with Crippen LogP contribution in [-0.4, -0.2) is 58.8 Å². The summed E-state index contributed by atoms with van der Waals surface area (Å²) in [7, 11) is 3.14. The minimum absolute atomic E-state index is 0.125. The standard InChI is InChI=1S/C23H30N6O4/c1-5-9-33-10-8-29-18-12-17(16-6-7-20(32-4)25-13-16)14-26-21(18)28-22(23(29)31)27-15(2)11-19(30)24-3/h6-7,12-15H,5,8-11H2,1-4H3,(H,24,30)(H,26,27,28)/t15-/m0/s1. The summed E-state index contributed by atoms with van der Waals surface area (Å²) in [5.74, 6) is 0.543. The summed E-state index contributed by atoms with van der Waals surface area (Å²) in [5, 5.41) is 5.64. The van der Waals surface area contributed by atoms with Crippen LogP contribution in [0.4, 0.5) is 5.82 Å². The van der Waals surface area contributed by atoms with Crippen molar-refractivity contribution in [1.29, 1.82) is 0 Å². The van der Waals surface area contributed by atoms with Crippen LogP contribution in [0.2, 0.25) is 0 Å². The van der Waals surface area contributed by atoms with Crippen molar-refractivity contribution in [3.63, 3.8) is 0 Å². The van der Waals surface area contributed by atoms with Gasteiger partial charge in [0.15, 0.2) is 11.5 Å². The highest BCUT2D eigenvalue weighted by Gasteiger charge is 2.16. The van der Waals surface area contributed by atoms with Gasteiger partial charge >= 0.3 is 0 Å². The number of anilines is 1. The number of aromatic nitrogens is 4. The topological polar surface area (TPSA) is 120 Å². The Morgan fingerprint density at radius 3 is 2.64 bits per heavy atom. The van der Waals surface area contributed by atoms with Crippen LogP contribution in [0.25, 0.3) is 22.3 Å². The van der Waals surface area contributed by atoms with E-state index in [1.54, 1.807) is 37.2 Å². The summed E-state index contributed by atoms with van der Waals surface area (Å²) < 4.78 is 12.4. The number of methoxy groups -OCH3 is 1. The third-order valence-electron chi connectivity index (χ3n) is 5.04. The minimum Gasteiger partial charge on any atom is -0.481 e. The minimum atomic E-state index is -0.293. The van der Waals surface area contributed by atoms with E-state index in [-0.39, 0.29) is 29.7 Å². The fourth-order valence-electron chi connectivity index (χ4n) is 3.33. The monoisotopic (exact) mass is 454 g/mol. The van der Waals surface area contributed by atoms with E-state index in [1.807, 2.05) is 26.0 Å². The lowest BCUT2D eigenvalue weighted by atomic mass is 10.1. The Balaban J connectivity index is 2.01. The van der Waals surface area contributed by atoms with Gasteiger partial charge in [-0.25, -0.2) is 15.0 Å². The second-order valence-electron chi connectivity index (χ2n) is 7.61. The molecule has 3 heterocycles. The number of carbonyl (C=O) groups is 1. The Labute approximate surface area is 192 Å². The average molecular weight is 455 g/mol. The molecule has 0 aromatic carbocycles. The van der Waals surface area contributed by atoms with Crippen molar-refractivity contribution >= 4 is 22.9 Å². The maximum absolute atomic E-state index is 13.3. The SMILES string of the molecule is CCCOCCn1c(=O)c(N[C@@H](C)CC(=O)NC)nc2ncc(-c3ccc(OC)nc3)cc21. The molecule has 3 aromatic heterocycles. The molecule has 3 rings (SSSR count). The lowest BCUT2D eigenvalue weighted by Crippen LogP contribution is -2.32. The Morgan fingerprint density at radius 2 is 1.97 bits per heavy atom. The van der Waals surface area contributed by atoms with Gasteiger partial charge in [-0.2, -0.15) is 0 Å². The first kappa shape index (κ1) is 24.1. The lowest BCUT2D eigenvalue weighted by Gasteiger charge is -2.17. The van der Waals surface area contributed by atoms with Gasteiger partial charge in [0.2, 0.25) is 11.8 Å². The molecule has 0 unspecified atom stereocenters. The van der Waals surface area contributed by atoms with E-state index in [4.69, 9.17) is 9.47 Å². The number of amides is 1. The summed E-state index contributed by atoms with van der Waals surface area (Å²) >= 11 is 0. The number of nitrogens with zero attached hydrogens (tertiary/aromatic N) is 4. The van der Waals surface area contributed by atoms with E-state index in [0.717, 1.165) is 17.5 Å². The Morgan fingerprint density at radius 1 is 1.18 bits per heavy atom. The molecule has 0 spiro atoms. The molecule has 176 valence electrons. The predicted molar refractivity (Wildman–Crippen MR) is 126 cm³/mol. The Kier molecular flexibility index (Phi) is 8.31. The van der Waals surface area contributed by atoms with E-state index < -0.39 is 0 Å². The zero-order valence-electron chi connectivity index (χ0n) is 19.4. The molecule has 0 aliphatic rings.